The Kier molecular flexibility index (Phi) is 5.39. The van der Waals surface area contributed by atoms with E-state index in [0.717, 1.165) is 23.8 Å². The van der Waals surface area contributed by atoms with Crippen molar-refractivity contribution in [2.75, 3.05) is 4.90 Å². The lowest BCUT2D eigenvalue weighted by atomic mass is 9.64. The molecule has 2 aromatic rings. The zero-order chi connectivity index (χ0) is 21.6. The topological polar surface area (TPSA) is 51.0 Å². The molecule has 1 spiro atoms. The van der Waals surface area contributed by atoms with E-state index in [9.17, 15) is 4.79 Å². The number of amides is 1. The Bertz CT molecular complexity index is 939. The van der Waals surface area contributed by atoms with Gasteiger partial charge in [-0.05, 0) is 38.5 Å². The normalized spacial score (nSPS) is 24.8. The number of carbonyl (C=O) groups excluding carboxylic acids is 1. The summed E-state index contributed by atoms with van der Waals surface area (Å²) in [5.74, 6) is 2.64. The van der Waals surface area contributed by atoms with E-state index in [2.05, 4.69) is 54.6 Å². The first-order chi connectivity index (χ1) is 15.0. The summed E-state index contributed by atoms with van der Waals surface area (Å²) in [6.07, 6.45) is 11.5. The highest BCUT2D eigenvalue weighted by Crippen LogP contribution is 2.53. The molecule has 5 nitrogen and oxygen atoms in total. The molecule has 31 heavy (non-hydrogen) atoms. The van der Waals surface area contributed by atoms with Crippen LogP contribution < -0.4 is 4.90 Å². The van der Waals surface area contributed by atoms with Crippen molar-refractivity contribution in [3.8, 4) is 11.4 Å². The number of fused-ring (bicyclic) bond motifs is 4. The van der Waals surface area contributed by atoms with Crippen molar-refractivity contribution >= 4 is 11.9 Å². The lowest BCUT2D eigenvalue weighted by molar-refractivity contribution is -0.121. The second kappa shape index (κ2) is 8.07. The van der Waals surface area contributed by atoms with Gasteiger partial charge in [0.15, 0.2) is 5.82 Å². The first-order valence-electron chi connectivity index (χ1n) is 12.4. The zero-order valence-electron chi connectivity index (χ0n) is 19.3. The smallest absolute Gasteiger partial charge is 0.231 e. The van der Waals surface area contributed by atoms with Crippen LogP contribution in [0.3, 0.4) is 0 Å². The number of rotatable bonds is 3. The minimum atomic E-state index is 0.0310. The highest BCUT2D eigenvalue weighted by molar-refractivity contribution is 5.93. The maximum Gasteiger partial charge on any atom is 0.231 e. The fourth-order valence-electron chi connectivity index (χ4n) is 6.43. The predicted molar refractivity (Wildman–Crippen MR) is 124 cm³/mol. The number of hydrogen-bond acceptors (Lipinski definition) is 3. The molecule has 1 aromatic heterocycles. The Hall–Kier alpha value is -2.17. The van der Waals surface area contributed by atoms with Gasteiger partial charge in [-0.3, -0.25) is 9.69 Å². The summed E-state index contributed by atoms with van der Waals surface area (Å²) in [7, 11) is 0. The molecule has 5 rings (SSSR count). The maximum absolute atomic E-state index is 13.5. The van der Waals surface area contributed by atoms with E-state index in [4.69, 9.17) is 10.1 Å². The van der Waals surface area contributed by atoms with Crippen LogP contribution >= 0.6 is 0 Å². The van der Waals surface area contributed by atoms with Gasteiger partial charge in [0.1, 0.15) is 0 Å². The van der Waals surface area contributed by atoms with Crippen LogP contribution in [-0.2, 0) is 10.3 Å². The predicted octanol–water partition coefficient (Wildman–Crippen LogP) is 5.86. The Labute approximate surface area is 186 Å². The molecule has 0 radical (unpaired) electrons. The van der Waals surface area contributed by atoms with E-state index in [1.165, 1.54) is 56.9 Å². The van der Waals surface area contributed by atoms with Crippen LogP contribution in [0.25, 0.3) is 11.4 Å². The second-order valence-electron chi connectivity index (χ2n) is 10.5. The molecule has 2 heterocycles. The van der Waals surface area contributed by atoms with Crippen LogP contribution in [0.15, 0.2) is 24.3 Å². The van der Waals surface area contributed by atoms with Crippen LogP contribution in [0, 0.1) is 18.8 Å². The third-order valence-corrected chi connectivity index (χ3v) is 7.86. The van der Waals surface area contributed by atoms with Crippen molar-refractivity contribution in [2.24, 2.45) is 11.8 Å². The molecule has 5 heteroatoms. The number of benzene rings is 1. The number of aryl methyl sites for hydroxylation is 1. The van der Waals surface area contributed by atoms with Crippen molar-refractivity contribution in [3.63, 3.8) is 0 Å². The van der Waals surface area contributed by atoms with Gasteiger partial charge in [0.2, 0.25) is 11.9 Å². The highest BCUT2D eigenvalue weighted by atomic mass is 16.2. The molecule has 166 valence electrons. The molecule has 2 unspecified atom stereocenters. The van der Waals surface area contributed by atoms with Crippen LogP contribution in [-0.4, -0.2) is 26.7 Å². The summed E-state index contributed by atoms with van der Waals surface area (Å²) in [5, 5.41) is 5.14. The van der Waals surface area contributed by atoms with Crippen molar-refractivity contribution in [3.05, 3.63) is 29.8 Å². The van der Waals surface area contributed by atoms with E-state index in [0.29, 0.717) is 18.3 Å². The third kappa shape index (κ3) is 3.50. The number of aromatic nitrogens is 3. The Morgan fingerprint density at radius 1 is 1.06 bits per heavy atom. The molecule has 1 aliphatic heterocycles. The molecular formula is C26H36N4O. The zero-order valence-corrected chi connectivity index (χ0v) is 19.3. The Balaban J connectivity index is 1.67. The van der Waals surface area contributed by atoms with Gasteiger partial charge in [-0.2, -0.15) is 4.98 Å². The van der Waals surface area contributed by atoms with E-state index >= 15 is 0 Å². The largest absolute Gasteiger partial charge is 0.277 e. The standard InChI is InChI=1S/C26H36N4O/c1-18(2)17-23(31)29-22-10-6-5-9-21(22)26(15-7-4-8-16-26)30-25(29)27-24(28-30)20-13-11-19(3)12-14-20/h11-14,18,21-22H,4-10,15-17H2,1-3H3. The van der Waals surface area contributed by atoms with Gasteiger partial charge in [-0.15, -0.1) is 5.10 Å². The van der Waals surface area contributed by atoms with E-state index in [1.54, 1.807) is 0 Å². The molecule has 0 saturated heterocycles. The SMILES string of the molecule is Cc1ccc(-c2nc3n(n2)C2(CCCCC2)C2CCCCC2N3C(=O)CC(C)C)cc1. The van der Waals surface area contributed by atoms with Crippen LogP contribution in [0.1, 0.15) is 83.6 Å². The molecule has 0 bridgehead atoms. The third-order valence-electron chi connectivity index (χ3n) is 7.86. The summed E-state index contributed by atoms with van der Waals surface area (Å²) in [6, 6.07) is 8.73. The maximum atomic E-state index is 13.5. The quantitative estimate of drug-likeness (QED) is 0.624. The van der Waals surface area contributed by atoms with Crippen LogP contribution in [0.5, 0.6) is 0 Å². The van der Waals surface area contributed by atoms with Gasteiger partial charge in [0.05, 0.1) is 5.54 Å². The molecular weight excluding hydrogens is 384 g/mol. The van der Waals surface area contributed by atoms with Crippen molar-refractivity contribution in [2.45, 2.75) is 96.6 Å². The fourth-order valence-corrected chi connectivity index (χ4v) is 6.43. The number of hydrogen-bond donors (Lipinski definition) is 0. The monoisotopic (exact) mass is 420 g/mol. The lowest BCUT2D eigenvalue weighted by Crippen LogP contribution is -2.61. The summed E-state index contributed by atoms with van der Waals surface area (Å²) < 4.78 is 2.23. The summed E-state index contributed by atoms with van der Waals surface area (Å²) >= 11 is 0. The van der Waals surface area contributed by atoms with Gasteiger partial charge in [-0.25, -0.2) is 4.68 Å². The minimum Gasteiger partial charge on any atom is -0.277 e. The summed E-state index contributed by atoms with van der Waals surface area (Å²) in [4.78, 5) is 20.7. The molecule has 2 aliphatic carbocycles. The van der Waals surface area contributed by atoms with Crippen molar-refractivity contribution < 1.29 is 4.79 Å². The Morgan fingerprint density at radius 2 is 1.77 bits per heavy atom. The van der Waals surface area contributed by atoms with E-state index in [-0.39, 0.29) is 17.5 Å². The molecule has 3 aliphatic rings. The van der Waals surface area contributed by atoms with Crippen molar-refractivity contribution in [1.29, 1.82) is 0 Å². The van der Waals surface area contributed by atoms with Crippen LogP contribution in [0.2, 0.25) is 0 Å². The molecule has 1 amide bonds. The first-order valence-corrected chi connectivity index (χ1v) is 12.4. The van der Waals surface area contributed by atoms with E-state index < -0.39 is 0 Å². The number of nitrogens with zero attached hydrogens (tertiary/aromatic N) is 4. The minimum absolute atomic E-state index is 0.0310. The van der Waals surface area contributed by atoms with Gasteiger partial charge in [0, 0.05) is 23.9 Å². The highest BCUT2D eigenvalue weighted by Gasteiger charge is 2.55. The first kappa shape index (κ1) is 20.7. The van der Waals surface area contributed by atoms with E-state index in [1.807, 2.05) is 0 Å². The molecule has 0 N–H and O–H groups in total. The summed E-state index contributed by atoms with van der Waals surface area (Å²) in [6.45, 7) is 6.36. The Morgan fingerprint density at radius 3 is 2.48 bits per heavy atom. The average molecular weight is 421 g/mol. The summed E-state index contributed by atoms with van der Waals surface area (Å²) in [5.41, 5.74) is 2.30. The van der Waals surface area contributed by atoms with Gasteiger partial charge in [-0.1, -0.05) is 75.8 Å². The second-order valence-corrected chi connectivity index (χ2v) is 10.5. The van der Waals surface area contributed by atoms with Crippen LogP contribution in [0.4, 0.5) is 5.95 Å². The fraction of sp³-hybridized carbons (Fsp3) is 0.654. The number of anilines is 1. The van der Waals surface area contributed by atoms with Crippen molar-refractivity contribution in [1.82, 2.24) is 14.8 Å². The average Bonchev–Trinajstić information content (AvgIpc) is 3.20. The van der Waals surface area contributed by atoms with Gasteiger partial charge < -0.3 is 0 Å². The number of carbonyl (C=O) groups is 1. The molecule has 2 atom stereocenters. The molecule has 1 aromatic carbocycles. The molecule has 2 fully saturated rings. The van der Waals surface area contributed by atoms with Gasteiger partial charge >= 0.3 is 0 Å². The van der Waals surface area contributed by atoms with Gasteiger partial charge in [0.25, 0.3) is 0 Å². The molecule has 2 saturated carbocycles. The lowest BCUT2D eigenvalue weighted by Gasteiger charge is -2.55.